The van der Waals surface area contributed by atoms with Gasteiger partial charge in [0.15, 0.2) is 0 Å². The molecule has 0 amide bonds. The van der Waals surface area contributed by atoms with Crippen molar-refractivity contribution in [3.05, 3.63) is 44.5 Å². The van der Waals surface area contributed by atoms with E-state index in [1.54, 1.807) is 11.3 Å². The number of hydrogen-bond donors (Lipinski definition) is 1. The molecule has 2 aromatic heterocycles. The molecule has 2 heterocycles. The van der Waals surface area contributed by atoms with Crippen LogP contribution in [0, 0.1) is 6.92 Å². The molecule has 4 heteroatoms. The molecule has 0 fully saturated rings. The van der Waals surface area contributed by atoms with Gasteiger partial charge in [-0.1, -0.05) is 18.5 Å². The smallest absolute Gasteiger partial charge is 0.126 e. The van der Waals surface area contributed by atoms with E-state index < -0.39 is 0 Å². The summed E-state index contributed by atoms with van der Waals surface area (Å²) < 4.78 is 6.64. The van der Waals surface area contributed by atoms with E-state index in [0.717, 1.165) is 27.8 Å². The quantitative estimate of drug-likeness (QED) is 0.901. The average molecular weight is 270 g/mol. The molecule has 0 aliphatic carbocycles. The fourth-order valence-corrected chi connectivity index (χ4v) is 3.13. The maximum atomic E-state index is 6.11. The van der Waals surface area contributed by atoms with Crippen LogP contribution in [0.5, 0.6) is 0 Å². The van der Waals surface area contributed by atoms with E-state index in [2.05, 4.69) is 18.3 Å². The number of nitrogens with one attached hydrogen (secondary N) is 1. The highest BCUT2D eigenvalue weighted by molar-refractivity contribution is 7.16. The minimum Gasteiger partial charge on any atom is -0.464 e. The first-order chi connectivity index (χ1) is 8.15. The third-order valence-corrected chi connectivity index (χ3v) is 4.38. The summed E-state index contributed by atoms with van der Waals surface area (Å²) in [7, 11) is 1.93. The Balaban J connectivity index is 2.32. The van der Waals surface area contributed by atoms with Gasteiger partial charge in [-0.25, -0.2) is 0 Å². The van der Waals surface area contributed by atoms with E-state index in [0.29, 0.717) is 0 Å². The Labute approximate surface area is 111 Å². The third-order valence-electron chi connectivity index (χ3n) is 2.76. The molecular weight excluding hydrogens is 254 g/mol. The van der Waals surface area contributed by atoms with Crippen LogP contribution in [0.2, 0.25) is 4.34 Å². The first-order valence-corrected chi connectivity index (χ1v) is 6.86. The van der Waals surface area contributed by atoms with Gasteiger partial charge in [0.05, 0.1) is 4.34 Å². The number of rotatable bonds is 4. The summed E-state index contributed by atoms with van der Waals surface area (Å²) in [4.78, 5) is 1.19. The van der Waals surface area contributed by atoms with Gasteiger partial charge in [0.2, 0.25) is 0 Å². The molecule has 0 aliphatic heterocycles. The second-order valence-electron chi connectivity index (χ2n) is 3.98. The molecule has 0 bridgehead atoms. The summed E-state index contributed by atoms with van der Waals surface area (Å²) >= 11 is 7.71. The largest absolute Gasteiger partial charge is 0.464 e. The Kier molecular flexibility index (Phi) is 3.92. The van der Waals surface area contributed by atoms with Crippen LogP contribution in [-0.4, -0.2) is 7.05 Å². The van der Waals surface area contributed by atoms with Gasteiger partial charge in [-0.3, -0.25) is 0 Å². The second kappa shape index (κ2) is 5.25. The Bertz CT molecular complexity index is 484. The minimum atomic E-state index is 0.0894. The average Bonchev–Trinajstić information content (AvgIpc) is 2.89. The Hall–Kier alpha value is -0.770. The first-order valence-electron chi connectivity index (χ1n) is 5.67. The van der Waals surface area contributed by atoms with Crippen molar-refractivity contribution in [3.63, 3.8) is 0 Å². The van der Waals surface area contributed by atoms with Crippen LogP contribution in [0.1, 0.15) is 34.9 Å². The Morgan fingerprint density at radius 1 is 1.47 bits per heavy atom. The molecule has 1 N–H and O–H groups in total. The van der Waals surface area contributed by atoms with E-state index >= 15 is 0 Å². The van der Waals surface area contributed by atoms with E-state index in [1.165, 1.54) is 4.88 Å². The SMILES string of the molecule is CCc1ccc(C(NC)c2cc(C)c(Cl)s2)o1. The predicted octanol–water partition coefficient (Wildman–Crippen LogP) is 4.17. The molecule has 92 valence electrons. The highest BCUT2D eigenvalue weighted by atomic mass is 35.5. The molecule has 2 rings (SSSR count). The van der Waals surface area contributed by atoms with Crippen LogP contribution in [0.3, 0.4) is 0 Å². The van der Waals surface area contributed by atoms with Crippen LogP contribution in [0.15, 0.2) is 22.6 Å². The van der Waals surface area contributed by atoms with Crippen molar-refractivity contribution >= 4 is 22.9 Å². The van der Waals surface area contributed by atoms with Gasteiger partial charge >= 0.3 is 0 Å². The Morgan fingerprint density at radius 2 is 2.24 bits per heavy atom. The fraction of sp³-hybridized carbons (Fsp3) is 0.385. The maximum Gasteiger partial charge on any atom is 0.126 e. The number of halogens is 1. The molecule has 0 spiro atoms. The standard InChI is InChI=1S/C13H16ClNOS/c1-4-9-5-6-10(16-9)12(15-3)11-7-8(2)13(14)17-11/h5-7,12,15H,4H2,1-3H3. The lowest BCUT2D eigenvalue weighted by Crippen LogP contribution is -2.15. The molecular formula is C13H16ClNOS. The number of furan rings is 1. The van der Waals surface area contributed by atoms with E-state index in [1.807, 2.05) is 26.1 Å². The van der Waals surface area contributed by atoms with Gasteiger partial charge in [-0.15, -0.1) is 11.3 Å². The number of thiophene rings is 1. The summed E-state index contributed by atoms with van der Waals surface area (Å²) in [5.74, 6) is 1.96. The molecule has 0 radical (unpaired) electrons. The molecule has 17 heavy (non-hydrogen) atoms. The lowest BCUT2D eigenvalue weighted by Gasteiger charge is -2.11. The zero-order valence-electron chi connectivity index (χ0n) is 10.2. The lowest BCUT2D eigenvalue weighted by molar-refractivity contribution is 0.436. The molecule has 0 saturated heterocycles. The third kappa shape index (κ3) is 2.57. The van der Waals surface area contributed by atoms with Gasteiger partial charge in [-0.2, -0.15) is 0 Å². The lowest BCUT2D eigenvalue weighted by atomic mass is 10.2. The van der Waals surface area contributed by atoms with Gasteiger partial charge < -0.3 is 9.73 Å². The summed E-state index contributed by atoms with van der Waals surface area (Å²) in [6.45, 7) is 4.11. The second-order valence-corrected chi connectivity index (χ2v) is 5.67. The van der Waals surface area contributed by atoms with Crippen LogP contribution < -0.4 is 5.32 Å². The van der Waals surface area contributed by atoms with Crippen LogP contribution >= 0.6 is 22.9 Å². The fourth-order valence-electron chi connectivity index (χ4n) is 1.79. The molecule has 0 saturated carbocycles. The summed E-state index contributed by atoms with van der Waals surface area (Å²) in [6.07, 6.45) is 0.917. The normalized spacial score (nSPS) is 12.9. The zero-order valence-corrected chi connectivity index (χ0v) is 11.8. The van der Waals surface area contributed by atoms with Gasteiger partial charge in [0.1, 0.15) is 17.6 Å². The maximum absolute atomic E-state index is 6.11. The van der Waals surface area contributed by atoms with Crippen molar-refractivity contribution in [1.29, 1.82) is 0 Å². The highest BCUT2D eigenvalue weighted by Gasteiger charge is 2.18. The topological polar surface area (TPSA) is 25.2 Å². The Morgan fingerprint density at radius 3 is 2.71 bits per heavy atom. The van der Waals surface area contributed by atoms with Crippen molar-refractivity contribution in [2.45, 2.75) is 26.3 Å². The van der Waals surface area contributed by atoms with E-state index in [-0.39, 0.29) is 6.04 Å². The highest BCUT2D eigenvalue weighted by Crippen LogP contribution is 2.34. The molecule has 1 atom stereocenters. The molecule has 2 nitrogen and oxygen atoms in total. The van der Waals surface area contributed by atoms with Crippen LogP contribution in [0.4, 0.5) is 0 Å². The zero-order chi connectivity index (χ0) is 12.4. The molecule has 0 aromatic carbocycles. The van der Waals surface area contributed by atoms with E-state index in [9.17, 15) is 0 Å². The minimum absolute atomic E-state index is 0.0894. The van der Waals surface area contributed by atoms with Crippen LogP contribution in [-0.2, 0) is 6.42 Å². The number of hydrogen-bond acceptors (Lipinski definition) is 3. The monoisotopic (exact) mass is 269 g/mol. The summed E-state index contributed by atoms with van der Waals surface area (Å²) in [6, 6.07) is 6.26. The van der Waals surface area contributed by atoms with Crippen molar-refractivity contribution in [1.82, 2.24) is 5.32 Å². The summed E-state index contributed by atoms with van der Waals surface area (Å²) in [5.41, 5.74) is 1.12. The van der Waals surface area contributed by atoms with Crippen molar-refractivity contribution < 1.29 is 4.42 Å². The summed E-state index contributed by atoms with van der Waals surface area (Å²) in [5, 5.41) is 3.27. The van der Waals surface area contributed by atoms with Crippen LogP contribution in [0.25, 0.3) is 0 Å². The van der Waals surface area contributed by atoms with Gasteiger partial charge in [-0.05, 0) is 37.7 Å². The van der Waals surface area contributed by atoms with Gasteiger partial charge in [0.25, 0.3) is 0 Å². The molecule has 0 aliphatic rings. The van der Waals surface area contributed by atoms with Crippen molar-refractivity contribution in [2.75, 3.05) is 7.05 Å². The predicted molar refractivity (Wildman–Crippen MR) is 73.1 cm³/mol. The number of aryl methyl sites for hydroxylation is 2. The molecule has 2 aromatic rings. The van der Waals surface area contributed by atoms with Crippen molar-refractivity contribution in [3.8, 4) is 0 Å². The molecule has 1 unspecified atom stereocenters. The van der Waals surface area contributed by atoms with E-state index in [4.69, 9.17) is 16.0 Å². The first kappa shape index (κ1) is 12.7. The van der Waals surface area contributed by atoms with Gasteiger partial charge in [0, 0.05) is 11.3 Å². The van der Waals surface area contributed by atoms with Crippen molar-refractivity contribution in [2.24, 2.45) is 0 Å².